The summed E-state index contributed by atoms with van der Waals surface area (Å²) in [6.07, 6.45) is 0.840. The molecule has 1 aromatic rings. The maximum absolute atomic E-state index is 11.1. The van der Waals surface area contributed by atoms with Gasteiger partial charge in [-0.2, -0.15) is 0 Å². The summed E-state index contributed by atoms with van der Waals surface area (Å²) < 4.78 is 0. The van der Waals surface area contributed by atoms with Crippen LogP contribution in [0.1, 0.15) is 22.8 Å². The van der Waals surface area contributed by atoms with Crippen molar-refractivity contribution in [1.29, 1.82) is 0 Å². The summed E-state index contributed by atoms with van der Waals surface area (Å²) in [6.45, 7) is 3.87. The number of carbonyl (C=O) groups excluding carboxylic acids is 1. The van der Waals surface area contributed by atoms with Crippen LogP contribution >= 0.6 is 0 Å². The molecule has 0 unspecified atom stereocenters. The van der Waals surface area contributed by atoms with Crippen LogP contribution in [0.5, 0.6) is 0 Å². The van der Waals surface area contributed by atoms with Gasteiger partial charge in [-0.3, -0.25) is 4.79 Å². The standard InChI is InChI=1S/C11H16N2O/c1-2-13-8-7-9-5-3-4-6-10(9)11(12)14/h3-6,13H,2,7-8H2,1H3,(H2,12,14). The zero-order valence-electron chi connectivity index (χ0n) is 8.42. The molecule has 0 atom stereocenters. The molecule has 1 amide bonds. The highest BCUT2D eigenvalue weighted by Crippen LogP contribution is 2.07. The third-order valence-corrected chi connectivity index (χ3v) is 2.10. The van der Waals surface area contributed by atoms with Gasteiger partial charge in [0.25, 0.3) is 0 Å². The Labute approximate surface area is 84.3 Å². The van der Waals surface area contributed by atoms with Crippen molar-refractivity contribution in [3.05, 3.63) is 35.4 Å². The maximum atomic E-state index is 11.1. The lowest BCUT2D eigenvalue weighted by Gasteiger charge is -2.06. The number of hydrogen-bond donors (Lipinski definition) is 2. The molecule has 0 aliphatic heterocycles. The van der Waals surface area contributed by atoms with Gasteiger partial charge < -0.3 is 11.1 Å². The summed E-state index contributed by atoms with van der Waals surface area (Å²) in [6, 6.07) is 7.46. The van der Waals surface area contributed by atoms with Gasteiger partial charge >= 0.3 is 0 Å². The predicted molar refractivity (Wildman–Crippen MR) is 57.2 cm³/mol. The molecular weight excluding hydrogens is 176 g/mol. The lowest BCUT2D eigenvalue weighted by Crippen LogP contribution is -2.19. The first-order chi connectivity index (χ1) is 6.75. The third-order valence-electron chi connectivity index (χ3n) is 2.10. The van der Waals surface area contributed by atoms with Gasteiger partial charge in [0.2, 0.25) is 5.91 Å². The fourth-order valence-electron chi connectivity index (χ4n) is 1.38. The molecule has 0 saturated carbocycles. The zero-order valence-corrected chi connectivity index (χ0v) is 8.42. The Morgan fingerprint density at radius 2 is 2.14 bits per heavy atom. The van der Waals surface area contributed by atoms with Crippen molar-refractivity contribution in [2.75, 3.05) is 13.1 Å². The van der Waals surface area contributed by atoms with Crippen LogP contribution in [0, 0.1) is 0 Å². The van der Waals surface area contributed by atoms with E-state index in [0.717, 1.165) is 25.1 Å². The van der Waals surface area contributed by atoms with E-state index in [2.05, 4.69) is 12.2 Å². The molecule has 0 bridgehead atoms. The SMILES string of the molecule is CCNCCc1ccccc1C(N)=O. The van der Waals surface area contributed by atoms with E-state index >= 15 is 0 Å². The van der Waals surface area contributed by atoms with Crippen molar-refractivity contribution in [1.82, 2.24) is 5.32 Å². The number of hydrogen-bond acceptors (Lipinski definition) is 2. The van der Waals surface area contributed by atoms with Crippen molar-refractivity contribution < 1.29 is 4.79 Å². The molecule has 0 fully saturated rings. The van der Waals surface area contributed by atoms with Gasteiger partial charge in [0.1, 0.15) is 0 Å². The van der Waals surface area contributed by atoms with Crippen molar-refractivity contribution in [3.63, 3.8) is 0 Å². The highest BCUT2D eigenvalue weighted by molar-refractivity contribution is 5.94. The van der Waals surface area contributed by atoms with E-state index < -0.39 is 0 Å². The molecule has 3 nitrogen and oxygen atoms in total. The average Bonchev–Trinajstić information content (AvgIpc) is 2.19. The van der Waals surface area contributed by atoms with Crippen molar-refractivity contribution in [2.45, 2.75) is 13.3 Å². The molecule has 0 radical (unpaired) electrons. The van der Waals surface area contributed by atoms with E-state index in [4.69, 9.17) is 5.73 Å². The fourth-order valence-corrected chi connectivity index (χ4v) is 1.38. The van der Waals surface area contributed by atoms with E-state index in [1.54, 1.807) is 6.07 Å². The largest absolute Gasteiger partial charge is 0.366 e. The van der Waals surface area contributed by atoms with Crippen LogP contribution in [0.25, 0.3) is 0 Å². The Hall–Kier alpha value is -1.35. The molecule has 0 heterocycles. The Balaban J connectivity index is 2.69. The number of rotatable bonds is 5. The number of carbonyl (C=O) groups is 1. The molecule has 76 valence electrons. The minimum atomic E-state index is -0.350. The summed E-state index contributed by atoms with van der Waals surface area (Å²) >= 11 is 0. The smallest absolute Gasteiger partial charge is 0.248 e. The lowest BCUT2D eigenvalue weighted by atomic mass is 10.0. The Kier molecular flexibility index (Phi) is 4.13. The Morgan fingerprint density at radius 3 is 2.79 bits per heavy atom. The first-order valence-electron chi connectivity index (χ1n) is 4.84. The topological polar surface area (TPSA) is 55.1 Å². The highest BCUT2D eigenvalue weighted by Gasteiger charge is 2.05. The van der Waals surface area contributed by atoms with Crippen molar-refractivity contribution >= 4 is 5.91 Å². The molecule has 0 aromatic heterocycles. The van der Waals surface area contributed by atoms with E-state index in [1.165, 1.54) is 0 Å². The van der Waals surface area contributed by atoms with Crippen LogP contribution in [0.4, 0.5) is 0 Å². The van der Waals surface area contributed by atoms with Crippen LogP contribution < -0.4 is 11.1 Å². The number of nitrogens with one attached hydrogen (secondary N) is 1. The van der Waals surface area contributed by atoms with Crippen molar-refractivity contribution in [3.8, 4) is 0 Å². The van der Waals surface area contributed by atoms with Crippen LogP contribution in [0.2, 0.25) is 0 Å². The molecule has 14 heavy (non-hydrogen) atoms. The second kappa shape index (κ2) is 5.40. The number of likely N-dealkylation sites (N-methyl/N-ethyl adjacent to an activating group) is 1. The number of amides is 1. The minimum absolute atomic E-state index is 0.350. The fraction of sp³-hybridized carbons (Fsp3) is 0.364. The Morgan fingerprint density at radius 1 is 1.43 bits per heavy atom. The van der Waals surface area contributed by atoms with Gasteiger partial charge in [-0.15, -0.1) is 0 Å². The summed E-state index contributed by atoms with van der Waals surface area (Å²) in [5.74, 6) is -0.350. The number of nitrogens with two attached hydrogens (primary N) is 1. The molecular formula is C11H16N2O. The van der Waals surface area contributed by atoms with Crippen LogP contribution in [0.15, 0.2) is 24.3 Å². The minimum Gasteiger partial charge on any atom is -0.366 e. The summed E-state index contributed by atoms with van der Waals surface area (Å²) in [4.78, 5) is 11.1. The molecule has 1 aromatic carbocycles. The van der Waals surface area contributed by atoms with Crippen molar-refractivity contribution in [2.24, 2.45) is 5.73 Å². The van der Waals surface area contributed by atoms with Gasteiger partial charge in [0, 0.05) is 5.56 Å². The second-order valence-electron chi connectivity index (χ2n) is 3.12. The normalized spacial score (nSPS) is 10.1. The van der Waals surface area contributed by atoms with Gasteiger partial charge in [0.05, 0.1) is 0 Å². The quantitative estimate of drug-likeness (QED) is 0.682. The molecule has 3 N–H and O–H groups in total. The molecule has 0 aliphatic rings. The van der Waals surface area contributed by atoms with Crippen LogP contribution in [-0.4, -0.2) is 19.0 Å². The predicted octanol–water partition coefficient (Wildman–Crippen LogP) is 0.938. The molecule has 0 spiro atoms. The average molecular weight is 192 g/mol. The van der Waals surface area contributed by atoms with Gasteiger partial charge in [0.15, 0.2) is 0 Å². The van der Waals surface area contributed by atoms with Gasteiger partial charge in [-0.25, -0.2) is 0 Å². The molecule has 0 aliphatic carbocycles. The van der Waals surface area contributed by atoms with Crippen LogP contribution in [-0.2, 0) is 6.42 Å². The summed E-state index contributed by atoms with van der Waals surface area (Å²) in [7, 11) is 0. The van der Waals surface area contributed by atoms with E-state index in [0.29, 0.717) is 5.56 Å². The number of benzene rings is 1. The molecule has 0 saturated heterocycles. The van der Waals surface area contributed by atoms with E-state index in [-0.39, 0.29) is 5.91 Å². The third kappa shape index (κ3) is 2.85. The first kappa shape index (κ1) is 10.7. The first-order valence-corrected chi connectivity index (χ1v) is 4.84. The molecule has 1 rings (SSSR count). The number of primary amides is 1. The van der Waals surface area contributed by atoms with E-state index in [1.807, 2.05) is 18.2 Å². The summed E-state index contributed by atoms with van der Waals surface area (Å²) in [5.41, 5.74) is 6.90. The van der Waals surface area contributed by atoms with Gasteiger partial charge in [-0.05, 0) is 31.1 Å². The monoisotopic (exact) mass is 192 g/mol. The Bertz CT molecular complexity index is 310. The highest BCUT2D eigenvalue weighted by atomic mass is 16.1. The second-order valence-corrected chi connectivity index (χ2v) is 3.12. The maximum Gasteiger partial charge on any atom is 0.248 e. The van der Waals surface area contributed by atoms with Crippen LogP contribution in [0.3, 0.4) is 0 Å². The summed E-state index contributed by atoms with van der Waals surface area (Å²) in [5, 5.41) is 3.21. The molecule has 3 heteroatoms. The van der Waals surface area contributed by atoms with Gasteiger partial charge in [-0.1, -0.05) is 25.1 Å². The zero-order chi connectivity index (χ0) is 10.4. The van der Waals surface area contributed by atoms with E-state index in [9.17, 15) is 4.79 Å². The lowest BCUT2D eigenvalue weighted by molar-refractivity contribution is 0.0999.